The van der Waals surface area contributed by atoms with E-state index in [2.05, 4.69) is 33.4 Å². The second kappa shape index (κ2) is 6.38. The number of anilines is 2. The van der Waals surface area contributed by atoms with E-state index in [4.69, 9.17) is 4.42 Å². The van der Waals surface area contributed by atoms with Crippen molar-refractivity contribution in [3.63, 3.8) is 0 Å². The highest BCUT2D eigenvalue weighted by atomic mass is 32.1. The lowest BCUT2D eigenvalue weighted by atomic mass is 10.2. The van der Waals surface area contributed by atoms with Gasteiger partial charge in [0.1, 0.15) is 12.0 Å². The molecule has 0 aliphatic carbocycles. The highest BCUT2D eigenvalue weighted by molar-refractivity contribution is 7.09. The molecule has 0 radical (unpaired) electrons. The van der Waals surface area contributed by atoms with E-state index < -0.39 is 6.17 Å². The summed E-state index contributed by atoms with van der Waals surface area (Å²) in [4.78, 5) is 8.41. The summed E-state index contributed by atoms with van der Waals surface area (Å²) in [5, 5.41) is 8.70. The number of hydrogen-bond acceptors (Lipinski definition) is 8. The quantitative estimate of drug-likeness (QED) is 0.827. The lowest BCUT2D eigenvalue weighted by Crippen LogP contribution is -2.39. The zero-order valence-electron chi connectivity index (χ0n) is 13.7. The fraction of sp³-hybridized carbons (Fsp3) is 0.714. The maximum Gasteiger partial charge on any atom is 0.318 e. The number of alkyl halides is 1. The normalized spacial score (nSPS) is 21.4. The van der Waals surface area contributed by atoms with Crippen LogP contribution in [0, 0.1) is 6.92 Å². The Balaban J connectivity index is 1.71. The number of nitrogens with zero attached hydrogens (tertiary/aromatic N) is 6. The van der Waals surface area contributed by atoms with Gasteiger partial charge in [-0.15, -0.1) is 5.10 Å². The zero-order valence-corrected chi connectivity index (χ0v) is 14.5. The molecule has 2 atom stereocenters. The number of aryl methyl sites for hydroxylation is 1. The zero-order chi connectivity index (χ0) is 16.6. The Morgan fingerprint density at radius 1 is 1.43 bits per heavy atom. The van der Waals surface area contributed by atoms with Crippen LogP contribution in [0.2, 0.25) is 0 Å². The predicted molar refractivity (Wildman–Crippen MR) is 87.0 cm³/mol. The van der Waals surface area contributed by atoms with Crippen LogP contribution >= 0.6 is 11.5 Å². The number of hydrogen-bond donors (Lipinski definition) is 0. The van der Waals surface area contributed by atoms with Crippen LogP contribution in [0.15, 0.2) is 4.42 Å². The molecule has 9 heteroatoms. The van der Waals surface area contributed by atoms with E-state index in [-0.39, 0.29) is 12.6 Å². The molecular weight excluding hydrogens is 319 g/mol. The molecule has 0 aromatic carbocycles. The standard InChI is InChI=1S/C14H21FN6OS/c1-8(2)12-16-14(23-19-12)20(4)7-11-5-10(15)6-21(11)13-18-17-9(3)22-13/h8,10-11H,5-7H2,1-4H3/t10-,11-/m0/s1. The van der Waals surface area contributed by atoms with Gasteiger partial charge < -0.3 is 14.2 Å². The predicted octanol–water partition coefficient (Wildman–Crippen LogP) is 2.41. The molecule has 0 bridgehead atoms. The van der Waals surface area contributed by atoms with Gasteiger partial charge in [0.25, 0.3) is 0 Å². The van der Waals surface area contributed by atoms with Crippen LogP contribution in [0.25, 0.3) is 0 Å². The Kier molecular flexibility index (Phi) is 4.47. The summed E-state index contributed by atoms with van der Waals surface area (Å²) in [6, 6.07) is 0.363. The smallest absolute Gasteiger partial charge is 0.318 e. The third-order valence-corrected chi connectivity index (χ3v) is 4.73. The minimum atomic E-state index is -0.888. The van der Waals surface area contributed by atoms with Crippen molar-refractivity contribution in [3.05, 3.63) is 11.7 Å². The van der Waals surface area contributed by atoms with Crippen LogP contribution in [0.3, 0.4) is 0 Å². The van der Waals surface area contributed by atoms with Gasteiger partial charge in [-0.2, -0.15) is 4.37 Å². The van der Waals surface area contributed by atoms with E-state index in [9.17, 15) is 4.39 Å². The summed E-state index contributed by atoms with van der Waals surface area (Å²) in [6.07, 6.45) is -0.442. The molecule has 1 aliphatic rings. The summed E-state index contributed by atoms with van der Waals surface area (Å²) in [5.41, 5.74) is 0. The van der Waals surface area contributed by atoms with Crippen molar-refractivity contribution in [2.75, 3.05) is 29.9 Å². The van der Waals surface area contributed by atoms with E-state index in [1.165, 1.54) is 11.5 Å². The van der Waals surface area contributed by atoms with Gasteiger partial charge in [-0.1, -0.05) is 18.9 Å². The maximum absolute atomic E-state index is 13.9. The second-order valence-corrected chi connectivity index (χ2v) is 6.94. The molecule has 2 aromatic rings. The molecule has 0 saturated carbocycles. The van der Waals surface area contributed by atoms with Gasteiger partial charge in [0, 0.05) is 44.4 Å². The molecule has 1 fully saturated rings. The minimum absolute atomic E-state index is 0.0266. The van der Waals surface area contributed by atoms with E-state index in [0.717, 1.165) is 11.0 Å². The highest BCUT2D eigenvalue weighted by Gasteiger charge is 2.36. The lowest BCUT2D eigenvalue weighted by molar-refractivity contribution is 0.356. The van der Waals surface area contributed by atoms with Crippen molar-refractivity contribution in [3.8, 4) is 0 Å². The molecule has 2 aromatic heterocycles. The van der Waals surface area contributed by atoms with Gasteiger partial charge in [0.05, 0.1) is 12.6 Å². The third kappa shape index (κ3) is 3.44. The second-order valence-electron chi connectivity index (χ2n) is 6.21. The first-order chi connectivity index (χ1) is 10.9. The molecule has 0 spiro atoms. The van der Waals surface area contributed by atoms with Crippen LogP contribution in [-0.4, -0.2) is 51.9 Å². The van der Waals surface area contributed by atoms with Gasteiger partial charge in [0.15, 0.2) is 0 Å². The maximum atomic E-state index is 13.9. The van der Waals surface area contributed by atoms with Crippen molar-refractivity contribution in [2.24, 2.45) is 0 Å². The van der Waals surface area contributed by atoms with Crippen molar-refractivity contribution in [2.45, 2.75) is 45.3 Å². The van der Waals surface area contributed by atoms with Crippen molar-refractivity contribution in [1.29, 1.82) is 0 Å². The van der Waals surface area contributed by atoms with Gasteiger partial charge in [0.2, 0.25) is 11.0 Å². The number of aromatic nitrogens is 4. The van der Waals surface area contributed by atoms with Crippen molar-refractivity contribution in [1.82, 2.24) is 19.6 Å². The van der Waals surface area contributed by atoms with Crippen LogP contribution in [0.1, 0.15) is 37.9 Å². The summed E-state index contributed by atoms with van der Waals surface area (Å²) >= 11 is 1.37. The van der Waals surface area contributed by atoms with Crippen LogP contribution in [0.5, 0.6) is 0 Å². The molecule has 1 saturated heterocycles. The summed E-state index contributed by atoms with van der Waals surface area (Å²) < 4.78 is 23.7. The average Bonchev–Trinajstić information content (AvgIpc) is 3.18. The largest absolute Gasteiger partial charge is 0.408 e. The summed E-state index contributed by atoms with van der Waals surface area (Å²) in [6.45, 7) is 6.78. The van der Waals surface area contributed by atoms with Crippen LogP contribution < -0.4 is 9.80 Å². The minimum Gasteiger partial charge on any atom is -0.408 e. The highest BCUT2D eigenvalue weighted by Crippen LogP contribution is 2.28. The van der Waals surface area contributed by atoms with Gasteiger partial charge in [-0.05, 0) is 0 Å². The third-order valence-electron chi connectivity index (χ3n) is 3.88. The first kappa shape index (κ1) is 16.1. The first-order valence-electron chi connectivity index (χ1n) is 7.69. The van der Waals surface area contributed by atoms with Gasteiger partial charge in [-0.3, -0.25) is 0 Å². The molecular formula is C14H21FN6OS. The molecule has 0 amide bonds. The molecule has 0 N–H and O–H groups in total. The Morgan fingerprint density at radius 2 is 2.22 bits per heavy atom. The Morgan fingerprint density at radius 3 is 2.83 bits per heavy atom. The van der Waals surface area contributed by atoms with Crippen LogP contribution in [-0.2, 0) is 0 Å². The van der Waals surface area contributed by atoms with E-state index in [1.54, 1.807) is 6.92 Å². The van der Waals surface area contributed by atoms with E-state index in [0.29, 0.717) is 30.8 Å². The Labute approximate surface area is 138 Å². The summed E-state index contributed by atoms with van der Waals surface area (Å²) in [7, 11) is 1.95. The molecule has 3 heterocycles. The van der Waals surface area contributed by atoms with Crippen molar-refractivity contribution < 1.29 is 8.81 Å². The number of halogens is 1. The molecule has 3 rings (SSSR count). The van der Waals surface area contributed by atoms with Gasteiger partial charge in [-0.25, -0.2) is 9.37 Å². The average molecular weight is 340 g/mol. The monoisotopic (exact) mass is 340 g/mol. The molecule has 1 aliphatic heterocycles. The van der Waals surface area contributed by atoms with Crippen LogP contribution in [0.4, 0.5) is 15.5 Å². The molecule has 0 unspecified atom stereocenters. The lowest BCUT2D eigenvalue weighted by Gasteiger charge is -2.26. The Bertz CT molecular complexity index is 659. The number of rotatable bonds is 5. The Hall–Kier alpha value is -1.77. The molecule has 126 valence electrons. The topological polar surface area (TPSA) is 71.2 Å². The van der Waals surface area contributed by atoms with E-state index in [1.807, 2.05) is 16.8 Å². The van der Waals surface area contributed by atoms with Gasteiger partial charge >= 0.3 is 6.01 Å². The first-order valence-corrected chi connectivity index (χ1v) is 8.47. The van der Waals surface area contributed by atoms with E-state index >= 15 is 0 Å². The fourth-order valence-electron chi connectivity index (χ4n) is 2.68. The fourth-order valence-corrected chi connectivity index (χ4v) is 3.45. The van der Waals surface area contributed by atoms with Crippen molar-refractivity contribution >= 4 is 22.7 Å². The molecule has 7 nitrogen and oxygen atoms in total. The summed E-state index contributed by atoms with van der Waals surface area (Å²) in [5.74, 6) is 1.63. The molecule has 23 heavy (non-hydrogen) atoms. The SMILES string of the molecule is Cc1nnc(N2C[C@@H](F)C[C@H]2CN(C)c2nc(C(C)C)ns2)o1. The number of likely N-dealkylation sites (N-methyl/N-ethyl adjacent to an activating group) is 1.